The predicted molar refractivity (Wildman–Crippen MR) is 183 cm³/mol. The number of fused-ring (bicyclic) bond motifs is 2. The van der Waals surface area contributed by atoms with Gasteiger partial charge in [-0.15, -0.1) is 11.3 Å². The number of carbonyl (C=O) groups excluding carboxylic acids is 3. The molecule has 2 aliphatic heterocycles. The van der Waals surface area contributed by atoms with Crippen LogP contribution in [0.5, 0.6) is 0 Å². The van der Waals surface area contributed by atoms with Gasteiger partial charge in [0.2, 0.25) is 11.8 Å². The van der Waals surface area contributed by atoms with E-state index in [-0.39, 0.29) is 28.6 Å². The quantitative estimate of drug-likeness (QED) is 0.195. The first kappa shape index (κ1) is 34.9. The van der Waals surface area contributed by atoms with Gasteiger partial charge in [-0.05, 0) is 52.1 Å². The van der Waals surface area contributed by atoms with Crippen LogP contribution in [0, 0.1) is 5.41 Å². The molecule has 1 saturated heterocycles. The highest BCUT2D eigenvalue weighted by Gasteiger charge is 2.50. The lowest BCUT2D eigenvalue weighted by Gasteiger charge is -2.42. The van der Waals surface area contributed by atoms with Crippen molar-refractivity contribution in [2.75, 3.05) is 13.1 Å². The Balaban J connectivity index is 1.26. The number of likely N-dealkylation sites (tertiary alicyclic amines) is 1. The molecule has 0 spiro atoms. The molecule has 13 heteroatoms. The Labute approximate surface area is 287 Å². The second kappa shape index (κ2) is 13.1. The second-order valence-corrected chi connectivity index (χ2v) is 16.6. The molecule has 49 heavy (non-hydrogen) atoms. The van der Waals surface area contributed by atoms with Crippen molar-refractivity contribution in [1.82, 2.24) is 15.1 Å². The summed E-state index contributed by atoms with van der Waals surface area (Å²) in [6, 6.07) is 20.5. The molecule has 4 aromatic rings. The lowest BCUT2D eigenvalue weighted by atomic mass is 9.84. The number of nitrogens with zero attached hydrogens (tertiary/aromatic N) is 2. The summed E-state index contributed by atoms with van der Waals surface area (Å²) in [5.74, 6) is -0.944. The van der Waals surface area contributed by atoms with Crippen LogP contribution in [0.4, 0.5) is 8.78 Å². The molecule has 0 bridgehead atoms. The summed E-state index contributed by atoms with van der Waals surface area (Å²) in [5.41, 5.74) is -2.95. The van der Waals surface area contributed by atoms with Crippen molar-refractivity contribution in [2.45, 2.75) is 63.8 Å². The highest BCUT2D eigenvalue weighted by atomic mass is 32.1. The second-order valence-electron chi connectivity index (χ2n) is 13.9. The molecule has 258 valence electrons. The molecule has 3 N–H and O–H groups in total. The van der Waals surface area contributed by atoms with E-state index >= 15 is 0 Å². The van der Waals surface area contributed by atoms with Crippen molar-refractivity contribution in [1.29, 1.82) is 0 Å². The van der Waals surface area contributed by atoms with Gasteiger partial charge in [-0.25, -0.2) is 0 Å². The molecule has 0 saturated carbocycles. The molecule has 3 atom stereocenters. The molecule has 0 radical (unpaired) electrons. The molecule has 1 unspecified atom stereocenters. The van der Waals surface area contributed by atoms with Gasteiger partial charge in [0.25, 0.3) is 5.91 Å². The molecule has 3 aromatic carbocycles. The fourth-order valence-electron chi connectivity index (χ4n) is 6.67. The first-order chi connectivity index (χ1) is 23.0. The molecule has 2 aliphatic rings. The number of nitrogens with one attached hydrogen (secondary N) is 1. The van der Waals surface area contributed by atoms with Crippen molar-refractivity contribution in [3.05, 3.63) is 106 Å². The highest BCUT2D eigenvalue weighted by Crippen LogP contribution is 2.59. The minimum absolute atomic E-state index is 0.132. The summed E-state index contributed by atoms with van der Waals surface area (Å²) >= 11 is 1.01. The first-order valence-electron chi connectivity index (χ1n) is 16.0. The first-order valence-corrected chi connectivity index (χ1v) is 18.5. The number of hydrogen-bond donors (Lipinski definition) is 3. The fraction of sp³-hybridized carbons (Fsp3) is 0.361. The summed E-state index contributed by atoms with van der Waals surface area (Å²) in [5, 5.41) is 3.07. The third-order valence-electron chi connectivity index (χ3n) is 9.43. The lowest BCUT2D eigenvalue weighted by molar-refractivity contribution is -0.149. The average molecular weight is 710 g/mol. The fourth-order valence-corrected chi connectivity index (χ4v) is 8.09. The molecule has 6 rings (SSSR count). The number of amides is 3. The van der Waals surface area contributed by atoms with E-state index in [1.165, 1.54) is 17.7 Å². The van der Waals surface area contributed by atoms with E-state index in [4.69, 9.17) is 9.79 Å². The van der Waals surface area contributed by atoms with Crippen LogP contribution in [0.2, 0.25) is 0 Å². The minimum Gasteiger partial charge on any atom is -0.340 e. The zero-order valence-corrected chi connectivity index (χ0v) is 29.0. The summed E-state index contributed by atoms with van der Waals surface area (Å²) in [7, 11) is -5.78. The Bertz CT molecular complexity index is 1960. The van der Waals surface area contributed by atoms with Gasteiger partial charge in [-0.3, -0.25) is 18.9 Å². The van der Waals surface area contributed by atoms with E-state index in [2.05, 4.69) is 17.4 Å². The Hall–Kier alpha value is -3.96. The van der Waals surface area contributed by atoms with Crippen molar-refractivity contribution < 1.29 is 37.5 Å². The Morgan fingerprint density at radius 3 is 2.31 bits per heavy atom. The number of halogens is 2. The molecular formula is C36H38F2N3O6PS. The monoisotopic (exact) mass is 709 g/mol. The van der Waals surface area contributed by atoms with Crippen molar-refractivity contribution in [2.24, 2.45) is 5.41 Å². The number of carbonyl (C=O) groups is 3. The largest absolute Gasteiger partial charge is 0.399 e. The zero-order valence-electron chi connectivity index (χ0n) is 27.3. The maximum Gasteiger partial charge on any atom is 0.399 e. The molecule has 9 nitrogen and oxygen atoms in total. The highest BCUT2D eigenvalue weighted by molar-refractivity contribution is 7.52. The zero-order chi connectivity index (χ0) is 35.3. The van der Waals surface area contributed by atoms with Crippen LogP contribution < -0.4 is 5.32 Å². The summed E-state index contributed by atoms with van der Waals surface area (Å²) in [6.07, 6.45) is 1.16. The number of rotatable bonds is 7. The van der Waals surface area contributed by atoms with Crippen LogP contribution in [-0.2, 0) is 32.8 Å². The van der Waals surface area contributed by atoms with Gasteiger partial charge < -0.3 is 24.9 Å². The summed E-state index contributed by atoms with van der Waals surface area (Å²) in [6.45, 7) is 6.77. The Morgan fingerprint density at radius 1 is 0.959 bits per heavy atom. The van der Waals surface area contributed by atoms with E-state index in [0.717, 1.165) is 41.0 Å². The standard InChI is InChI=1S/C36H38F2N3O6PS/c1-35(2,3)31(39-32(42)30-19-26-17-27(13-14-29(26)49-30)36(37,38)48(45,46)47)34(44)41-21-24-12-8-7-11-23(24)18-28(41)33(43)40-16-15-25(20-40)22-9-5-4-6-10-22/h4-14,17,19,25,28,31H,15-16,18,20-21H2,1-3H3,(H,39,42)(H2,45,46,47)/t25-,28?,31+/m0/s1. The molecular weight excluding hydrogens is 671 g/mol. The normalized spacial score (nSPS) is 19.1. The topological polar surface area (TPSA) is 127 Å². The maximum absolute atomic E-state index is 14.5. The van der Waals surface area contributed by atoms with E-state index in [9.17, 15) is 27.7 Å². The van der Waals surface area contributed by atoms with Gasteiger partial charge >= 0.3 is 13.3 Å². The number of thiophene rings is 1. The predicted octanol–water partition coefficient (Wildman–Crippen LogP) is 6.24. The minimum atomic E-state index is -5.78. The number of benzene rings is 3. The smallest absolute Gasteiger partial charge is 0.340 e. The van der Waals surface area contributed by atoms with Gasteiger partial charge in [-0.2, -0.15) is 8.78 Å². The summed E-state index contributed by atoms with van der Waals surface area (Å²) in [4.78, 5) is 64.3. The average Bonchev–Trinajstić information content (AvgIpc) is 3.73. The van der Waals surface area contributed by atoms with Crippen LogP contribution in [0.1, 0.15) is 65.0 Å². The van der Waals surface area contributed by atoms with E-state index in [1.54, 1.807) is 4.90 Å². The summed E-state index contributed by atoms with van der Waals surface area (Å²) < 4.78 is 40.7. The number of alkyl halides is 2. The molecule has 3 heterocycles. The SMILES string of the molecule is CC(C)(C)[C@H](NC(=O)c1cc2cc(C(F)(F)P(=O)(O)O)ccc2s1)C(=O)N1Cc2ccccc2CC1C(=O)N1CC[C@H](c2ccccc2)C1. The van der Waals surface area contributed by atoms with Crippen LogP contribution in [-0.4, -0.2) is 62.5 Å². The van der Waals surface area contributed by atoms with E-state index in [1.807, 2.05) is 68.1 Å². The maximum atomic E-state index is 14.5. The number of hydrogen-bond acceptors (Lipinski definition) is 5. The molecule has 1 fully saturated rings. The Kier molecular flexibility index (Phi) is 9.30. The third kappa shape index (κ3) is 6.92. The molecule has 0 aliphatic carbocycles. The molecule has 3 amide bonds. The van der Waals surface area contributed by atoms with Crippen molar-refractivity contribution in [3.8, 4) is 0 Å². The van der Waals surface area contributed by atoms with Gasteiger partial charge in [0, 0.05) is 42.2 Å². The van der Waals surface area contributed by atoms with Gasteiger partial charge in [0.1, 0.15) is 12.1 Å². The van der Waals surface area contributed by atoms with Crippen LogP contribution in [0.15, 0.2) is 78.9 Å². The van der Waals surface area contributed by atoms with Gasteiger partial charge in [0.05, 0.1) is 4.88 Å². The Morgan fingerprint density at radius 2 is 1.63 bits per heavy atom. The van der Waals surface area contributed by atoms with E-state index < -0.39 is 48.1 Å². The van der Waals surface area contributed by atoms with Crippen LogP contribution in [0.3, 0.4) is 0 Å². The van der Waals surface area contributed by atoms with Crippen LogP contribution >= 0.6 is 18.9 Å². The third-order valence-corrected chi connectivity index (χ3v) is 11.5. The molecule has 1 aromatic heterocycles. The van der Waals surface area contributed by atoms with Crippen molar-refractivity contribution in [3.63, 3.8) is 0 Å². The van der Waals surface area contributed by atoms with Gasteiger partial charge in [-0.1, -0.05) is 81.4 Å². The lowest BCUT2D eigenvalue weighted by Crippen LogP contribution is -2.60. The van der Waals surface area contributed by atoms with Crippen molar-refractivity contribution >= 4 is 46.7 Å². The van der Waals surface area contributed by atoms with E-state index in [0.29, 0.717) is 24.2 Å². The van der Waals surface area contributed by atoms with Gasteiger partial charge in [0.15, 0.2) is 0 Å². The van der Waals surface area contributed by atoms with Crippen LogP contribution in [0.25, 0.3) is 10.1 Å².